The first-order valence-corrected chi connectivity index (χ1v) is 38.1. The van der Waals surface area contributed by atoms with Crippen molar-refractivity contribution in [3.05, 3.63) is 180 Å². The fourth-order valence-corrected chi connectivity index (χ4v) is 12.6. The Morgan fingerprint density at radius 2 is 0.675 bits per heavy atom. The van der Waals surface area contributed by atoms with Crippen LogP contribution in [0.3, 0.4) is 0 Å². The predicted octanol–water partition coefficient (Wildman–Crippen LogP) is 17.5. The zero-order chi connectivity index (χ0) is 80.6. The van der Waals surface area contributed by atoms with E-state index in [0.29, 0.717) is 104 Å². The number of methoxy groups -OCH3 is 1. The first kappa shape index (κ1) is 79.0. The highest BCUT2D eigenvalue weighted by Gasteiger charge is 2.28. The summed E-state index contributed by atoms with van der Waals surface area (Å²) in [5, 5.41) is 20.9. The first-order chi connectivity index (χ1) is 54.7. The number of anilines is 6. The van der Waals surface area contributed by atoms with Crippen molar-refractivity contribution < 1.29 is 66.7 Å². The van der Waals surface area contributed by atoms with Crippen molar-refractivity contribution in [2.45, 2.75) is 102 Å². The van der Waals surface area contributed by atoms with Crippen molar-refractivity contribution >= 4 is 141 Å². The van der Waals surface area contributed by atoms with E-state index in [1.165, 1.54) is 37.4 Å². The molecule has 6 aromatic heterocycles. The maximum atomic E-state index is 15.1. The standard InChI is InChI=1S/C88H90N12O14/c1-47(2)43-111-71-38-64-82(102)96-58-30-19-26-54-72(112-44-48(3)4)39-65(90-76(54)58)83(103)97-59-31-20-27-55-73(113-45-49(5)6)40-66(91-77(55)59)84(104)98-60-32-21-28-56-74(114-46-50(7)8)41-67(92-78(56)60)85(105)99-61-33-17-23-52-70(42-68(86(106)108-12)94-79(52)61)110-36-16-14-13-15-35-109-69-37-63(81(101)95-57-29-18-25-53(71)75(57)89-64)93-80-51(69)24-22-34-62(80)100-87(107)88(9,10)11/h17-34,37-42,47-50H,13-16,35-36,43-46H2,1-12H3,(H,95,101)(H,96,102)(H,97,103)(H,98,104)(H,99,105)(H,100,107). The number of hydrogen-bond donors (Lipinski definition) is 6. The highest BCUT2D eigenvalue weighted by molar-refractivity contribution is 6.17. The van der Waals surface area contributed by atoms with Gasteiger partial charge < -0.3 is 65.1 Å². The van der Waals surface area contributed by atoms with E-state index < -0.39 is 40.9 Å². The van der Waals surface area contributed by atoms with Gasteiger partial charge in [0.25, 0.3) is 29.5 Å². The normalized spacial score (nSPS) is 13.6. The number of hydrogen-bond acceptors (Lipinski definition) is 20. The number of amides is 6. The molecule has 114 heavy (non-hydrogen) atoms. The Bertz CT molecular complexity index is 5780. The molecule has 26 heteroatoms. The maximum absolute atomic E-state index is 15.1. The SMILES string of the molecule is COC(=O)c1cc2c3cccc(c3n1)NC(=O)c1cc(OCC(C)C)c3cccc(c3n1)NC(=O)c1cc(OCC(C)C)c3cccc(c3n1)NC(=O)c1cc(OCC(C)C)c3cccc(c3n1)NC(=O)c1cc(OCC(C)C)c3cccc(c3n1)NC(=O)c1cc(c3cccc(NC(=O)C(C)(C)C)c3n1)OCCCCCCO2. The molecule has 0 radical (unpaired) electrons. The number of para-hydroxylation sites is 6. The average molecular weight is 1540 g/mol. The van der Waals surface area contributed by atoms with Crippen molar-refractivity contribution in [2.75, 3.05) is 78.7 Å². The van der Waals surface area contributed by atoms with Gasteiger partial charge in [-0.15, -0.1) is 0 Å². The summed E-state index contributed by atoms with van der Waals surface area (Å²) in [5.74, 6) is -2.41. The molecule has 1 aliphatic heterocycles. The van der Waals surface area contributed by atoms with Crippen LogP contribution in [0.5, 0.6) is 34.5 Å². The summed E-state index contributed by atoms with van der Waals surface area (Å²) in [6.45, 7) is 22.7. The number of aromatic nitrogens is 6. The number of carbonyl (C=O) groups excluding carboxylic acids is 7. The molecule has 0 fully saturated rings. The molecule has 0 spiro atoms. The topological polar surface area (TPSA) is 334 Å². The van der Waals surface area contributed by atoms with Gasteiger partial charge in [0.15, 0.2) is 5.69 Å². The Labute approximate surface area is 658 Å². The summed E-state index contributed by atoms with van der Waals surface area (Å²) < 4.78 is 43.9. The van der Waals surface area contributed by atoms with Crippen molar-refractivity contribution in [3.63, 3.8) is 0 Å². The lowest BCUT2D eigenvalue weighted by Gasteiger charge is -2.19. The maximum Gasteiger partial charge on any atom is 0.356 e. The number of rotatable bonds is 14. The van der Waals surface area contributed by atoms with Gasteiger partial charge in [-0.1, -0.05) is 113 Å². The molecule has 1 aliphatic rings. The van der Waals surface area contributed by atoms with Crippen LogP contribution >= 0.6 is 0 Å². The predicted molar refractivity (Wildman–Crippen MR) is 440 cm³/mol. The Hall–Kier alpha value is -13.1. The van der Waals surface area contributed by atoms with E-state index in [-0.39, 0.29) is 159 Å². The number of benzene rings is 6. The molecule has 0 atom stereocenters. The molecule has 7 heterocycles. The van der Waals surface area contributed by atoms with Crippen LogP contribution in [0, 0.1) is 29.1 Å². The lowest BCUT2D eigenvalue weighted by Crippen LogP contribution is -2.27. The number of ether oxygens (including phenoxy) is 7. The van der Waals surface area contributed by atoms with Gasteiger partial charge >= 0.3 is 5.97 Å². The minimum Gasteiger partial charge on any atom is -0.493 e. The number of fused-ring (bicyclic) bond motifs is 8. The van der Waals surface area contributed by atoms with Crippen molar-refractivity contribution in [3.8, 4) is 34.5 Å². The highest BCUT2D eigenvalue weighted by atomic mass is 16.5. The minimum atomic E-state index is -0.793. The van der Waals surface area contributed by atoms with Gasteiger partial charge in [-0.3, -0.25) is 28.8 Å². The van der Waals surface area contributed by atoms with Gasteiger partial charge in [0.1, 0.15) is 63.0 Å². The Morgan fingerprint density at radius 1 is 0.386 bits per heavy atom. The van der Waals surface area contributed by atoms with E-state index in [9.17, 15) is 14.4 Å². The van der Waals surface area contributed by atoms with Crippen LogP contribution in [0.25, 0.3) is 65.4 Å². The average Bonchev–Trinajstić information content (AvgIpc) is 0.779. The van der Waals surface area contributed by atoms with Crippen LogP contribution < -0.4 is 60.3 Å². The summed E-state index contributed by atoms with van der Waals surface area (Å²) in [6.07, 6.45) is 2.54. The zero-order valence-corrected chi connectivity index (χ0v) is 65.6. The number of nitrogens with zero attached hydrogens (tertiary/aromatic N) is 6. The largest absolute Gasteiger partial charge is 0.493 e. The molecule has 0 unspecified atom stereocenters. The van der Waals surface area contributed by atoms with Crippen LogP contribution in [0.1, 0.15) is 165 Å². The van der Waals surface area contributed by atoms with E-state index in [1.807, 2.05) is 55.4 Å². The summed E-state index contributed by atoms with van der Waals surface area (Å²) in [6, 6.07) is 40.1. The zero-order valence-electron chi connectivity index (χ0n) is 65.6. The summed E-state index contributed by atoms with van der Waals surface area (Å²) in [4.78, 5) is 131. The van der Waals surface area contributed by atoms with Crippen LogP contribution in [0.4, 0.5) is 34.1 Å². The van der Waals surface area contributed by atoms with Crippen molar-refractivity contribution in [2.24, 2.45) is 29.1 Å². The second kappa shape index (κ2) is 34.2. The molecule has 6 amide bonds. The number of pyridine rings is 6. The third kappa shape index (κ3) is 17.9. The van der Waals surface area contributed by atoms with Crippen molar-refractivity contribution in [1.82, 2.24) is 29.9 Å². The van der Waals surface area contributed by atoms with Gasteiger partial charge in [0.2, 0.25) is 5.91 Å². The molecule has 26 nitrogen and oxygen atoms in total. The van der Waals surface area contributed by atoms with E-state index in [0.717, 1.165) is 0 Å². The molecular weight excluding hydrogens is 1450 g/mol. The summed E-state index contributed by atoms with van der Waals surface area (Å²) >= 11 is 0. The van der Waals surface area contributed by atoms with Gasteiger partial charge in [-0.05, 0) is 122 Å². The quantitative estimate of drug-likeness (QED) is 0.0551. The van der Waals surface area contributed by atoms with Crippen molar-refractivity contribution in [1.29, 1.82) is 0 Å². The molecule has 6 N–H and O–H groups in total. The molecular formula is C88H90N12O14. The third-order valence-corrected chi connectivity index (χ3v) is 18.4. The lowest BCUT2D eigenvalue weighted by atomic mass is 9.95. The smallest absolute Gasteiger partial charge is 0.356 e. The molecule has 14 bridgehead atoms. The van der Waals surface area contributed by atoms with E-state index in [1.54, 1.807) is 136 Å². The molecule has 12 aromatic rings. The monoisotopic (exact) mass is 1540 g/mol. The lowest BCUT2D eigenvalue weighted by molar-refractivity contribution is -0.123. The van der Waals surface area contributed by atoms with E-state index in [2.05, 4.69) is 36.9 Å². The van der Waals surface area contributed by atoms with Crippen LogP contribution in [0.2, 0.25) is 0 Å². The second-order valence-corrected chi connectivity index (χ2v) is 30.6. The molecule has 0 saturated carbocycles. The van der Waals surface area contributed by atoms with Crippen LogP contribution in [-0.4, -0.2) is 118 Å². The van der Waals surface area contributed by atoms with E-state index in [4.69, 9.17) is 58.1 Å². The van der Waals surface area contributed by atoms with Gasteiger partial charge in [-0.25, -0.2) is 34.7 Å². The Kier molecular flexibility index (Phi) is 23.7. The number of nitrogens with one attached hydrogen (secondary N) is 6. The van der Waals surface area contributed by atoms with E-state index >= 15 is 19.2 Å². The molecule has 6 aromatic carbocycles. The van der Waals surface area contributed by atoms with Crippen LogP contribution in [0.15, 0.2) is 146 Å². The molecule has 0 aliphatic carbocycles. The van der Waals surface area contributed by atoms with Gasteiger partial charge in [0, 0.05) is 74.1 Å². The number of esters is 1. The van der Waals surface area contributed by atoms with Crippen LogP contribution in [-0.2, 0) is 9.53 Å². The second-order valence-electron chi connectivity index (χ2n) is 30.6. The number of carbonyl (C=O) groups is 7. The fraction of sp³-hybridized carbons (Fsp3) is 0.307. The Morgan fingerprint density at radius 3 is 1.00 bits per heavy atom. The molecule has 586 valence electrons. The minimum absolute atomic E-state index is 0.0472. The highest BCUT2D eigenvalue weighted by Crippen LogP contribution is 2.40. The van der Waals surface area contributed by atoms with Gasteiger partial charge in [-0.2, -0.15) is 0 Å². The van der Waals surface area contributed by atoms with Gasteiger partial charge in [0.05, 0.1) is 114 Å². The third-order valence-electron chi connectivity index (χ3n) is 18.4. The fourth-order valence-electron chi connectivity index (χ4n) is 12.6. The summed E-state index contributed by atoms with van der Waals surface area (Å²) in [7, 11) is 1.24. The molecule has 13 rings (SSSR count). The Balaban J connectivity index is 0.926. The molecule has 0 saturated heterocycles. The summed E-state index contributed by atoms with van der Waals surface area (Å²) in [5.41, 5.74) is 1.32. The first-order valence-electron chi connectivity index (χ1n) is 38.1.